The number of nitrogens with zero attached hydrogens (tertiary/aromatic N) is 3. The summed E-state index contributed by atoms with van der Waals surface area (Å²) in [7, 11) is 0. The number of nitriles is 1. The van der Waals surface area contributed by atoms with Gasteiger partial charge in [0.25, 0.3) is 0 Å². The molecule has 0 aromatic carbocycles. The number of aryl methyl sites for hydroxylation is 1. The van der Waals surface area contributed by atoms with Crippen molar-refractivity contribution in [2.45, 2.75) is 64.5 Å². The van der Waals surface area contributed by atoms with E-state index in [4.69, 9.17) is 10.00 Å². The van der Waals surface area contributed by atoms with Gasteiger partial charge < -0.3 is 15.4 Å². The highest BCUT2D eigenvalue weighted by atomic mass is 16.6. The number of carbonyl (C=O) groups excluding carboxylic acids is 1. The van der Waals surface area contributed by atoms with Crippen molar-refractivity contribution in [3.8, 4) is 6.07 Å². The van der Waals surface area contributed by atoms with E-state index < -0.39 is 0 Å². The van der Waals surface area contributed by atoms with E-state index in [0.717, 1.165) is 42.5 Å². The summed E-state index contributed by atoms with van der Waals surface area (Å²) in [6.45, 7) is 3.87. The topological polar surface area (TPSA) is 116 Å². The van der Waals surface area contributed by atoms with Crippen LogP contribution in [0.25, 0.3) is 0 Å². The van der Waals surface area contributed by atoms with Gasteiger partial charge in [-0.25, -0.2) is 9.78 Å². The fourth-order valence-corrected chi connectivity index (χ4v) is 3.38. The Balaban J connectivity index is 1.51. The van der Waals surface area contributed by atoms with Crippen molar-refractivity contribution in [2.75, 3.05) is 5.32 Å². The molecule has 1 aliphatic carbocycles. The van der Waals surface area contributed by atoms with Gasteiger partial charge >= 0.3 is 6.09 Å². The summed E-state index contributed by atoms with van der Waals surface area (Å²) in [5, 5.41) is 22.1. The number of alkyl carbamates (subject to hydrolysis) is 1. The maximum atomic E-state index is 12.0. The molecule has 28 heavy (non-hydrogen) atoms. The minimum atomic E-state index is -0.352. The zero-order valence-electron chi connectivity index (χ0n) is 16.3. The second-order valence-electron chi connectivity index (χ2n) is 7.31. The van der Waals surface area contributed by atoms with Crippen LogP contribution in [0.5, 0.6) is 0 Å². The lowest BCUT2D eigenvalue weighted by Crippen LogP contribution is -2.36. The molecule has 1 amide bonds. The van der Waals surface area contributed by atoms with Crippen molar-refractivity contribution in [3.05, 3.63) is 35.2 Å². The molecular weight excluding hydrogens is 356 g/mol. The second-order valence-corrected chi connectivity index (χ2v) is 7.31. The highest BCUT2D eigenvalue weighted by Crippen LogP contribution is 2.21. The Kier molecular flexibility index (Phi) is 6.48. The fraction of sp³-hybridized carbons (Fsp3) is 0.500. The smallest absolute Gasteiger partial charge is 0.407 e. The number of hydrogen-bond donors (Lipinski definition) is 3. The molecule has 0 bridgehead atoms. The van der Waals surface area contributed by atoms with Crippen LogP contribution >= 0.6 is 0 Å². The molecular formula is C20H26N6O2. The molecule has 3 N–H and O–H groups in total. The second kappa shape index (κ2) is 9.22. The van der Waals surface area contributed by atoms with Crippen molar-refractivity contribution in [2.24, 2.45) is 0 Å². The van der Waals surface area contributed by atoms with E-state index in [1.165, 1.54) is 0 Å². The monoisotopic (exact) mass is 382 g/mol. The quantitative estimate of drug-likeness (QED) is 0.675. The standard InChI is InChI=1S/C20H26N6O2/c1-13-9-15(7-8-21)12-22-19(13)24-18-11-16(25-26-18)10-14(2)23-20(27)28-17-5-3-4-6-17/h9,11-12,14,17H,3-7,10H2,1-2H3,(H,23,27)(H2,22,24,25,26). The van der Waals surface area contributed by atoms with E-state index >= 15 is 0 Å². The van der Waals surface area contributed by atoms with Crippen LogP contribution in [0.1, 0.15) is 49.4 Å². The molecule has 1 aliphatic rings. The molecule has 0 saturated heterocycles. The molecule has 1 fully saturated rings. The molecule has 148 valence electrons. The molecule has 2 heterocycles. The number of rotatable bonds is 7. The highest BCUT2D eigenvalue weighted by Gasteiger charge is 2.20. The van der Waals surface area contributed by atoms with Crippen LogP contribution in [0.2, 0.25) is 0 Å². The van der Waals surface area contributed by atoms with Crippen molar-refractivity contribution < 1.29 is 9.53 Å². The minimum Gasteiger partial charge on any atom is -0.446 e. The third-order valence-electron chi connectivity index (χ3n) is 4.76. The Morgan fingerprint density at radius 3 is 2.93 bits per heavy atom. The fourth-order valence-electron chi connectivity index (χ4n) is 3.38. The van der Waals surface area contributed by atoms with Gasteiger partial charge in [0.1, 0.15) is 11.9 Å². The predicted molar refractivity (Wildman–Crippen MR) is 105 cm³/mol. The van der Waals surface area contributed by atoms with E-state index in [9.17, 15) is 4.79 Å². The maximum Gasteiger partial charge on any atom is 0.407 e. The number of anilines is 2. The van der Waals surface area contributed by atoms with Crippen molar-refractivity contribution in [3.63, 3.8) is 0 Å². The Labute approximate surface area is 164 Å². The van der Waals surface area contributed by atoms with Crippen LogP contribution in [0, 0.1) is 18.3 Å². The van der Waals surface area contributed by atoms with E-state index in [-0.39, 0.29) is 18.2 Å². The lowest BCUT2D eigenvalue weighted by molar-refractivity contribution is 0.0984. The number of pyridine rings is 1. The number of ether oxygens (including phenoxy) is 1. The third-order valence-corrected chi connectivity index (χ3v) is 4.76. The predicted octanol–water partition coefficient (Wildman–Crippen LogP) is 3.52. The molecule has 3 rings (SSSR count). The van der Waals surface area contributed by atoms with Gasteiger partial charge in [0.2, 0.25) is 0 Å². The van der Waals surface area contributed by atoms with Gasteiger partial charge in [-0.05, 0) is 56.7 Å². The zero-order valence-corrected chi connectivity index (χ0v) is 16.3. The summed E-state index contributed by atoms with van der Waals surface area (Å²) < 4.78 is 5.43. The Morgan fingerprint density at radius 2 is 2.21 bits per heavy atom. The van der Waals surface area contributed by atoms with Crippen LogP contribution in [-0.2, 0) is 17.6 Å². The molecule has 2 aromatic heterocycles. The van der Waals surface area contributed by atoms with E-state index in [0.29, 0.717) is 24.5 Å². The Hall–Kier alpha value is -3.08. The van der Waals surface area contributed by atoms with Crippen LogP contribution in [0.4, 0.5) is 16.4 Å². The van der Waals surface area contributed by atoms with Crippen molar-refractivity contribution in [1.29, 1.82) is 5.26 Å². The van der Waals surface area contributed by atoms with Crippen LogP contribution < -0.4 is 10.6 Å². The molecule has 1 saturated carbocycles. The molecule has 8 heteroatoms. The minimum absolute atomic E-state index is 0.0606. The summed E-state index contributed by atoms with van der Waals surface area (Å²) in [5.41, 5.74) is 2.73. The average Bonchev–Trinajstić information content (AvgIpc) is 3.29. The number of carbonyl (C=O) groups is 1. The molecule has 1 atom stereocenters. The van der Waals surface area contributed by atoms with E-state index in [1.807, 2.05) is 26.0 Å². The summed E-state index contributed by atoms with van der Waals surface area (Å²) in [4.78, 5) is 16.3. The first-order valence-electron chi connectivity index (χ1n) is 9.64. The van der Waals surface area contributed by atoms with Gasteiger partial charge in [-0.15, -0.1) is 0 Å². The number of aromatic nitrogens is 3. The van der Waals surface area contributed by atoms with Crippen LogP contribution in [0.3, 0.4) is 0 Å². The third kappa shape index (κ3) is 5.46. The summed E-state index contributed by atoms with van der Waals surface area (Å²) in [6.07, 6.45) is 6.54. The SMILES string of the molecule is Cc1cc(CC#N)cnc1Nc1cc(CC(C)NC(=O)OC2CCCC2)[nH]n1. The number of amides is 1. The normalized spacial score (nSPS) is 15.0. The highest BCUT2D eigenvalue weighted by molar-refractivity contribution is 5.67. The van der Waals surface area contributed by atoms with Gasteiger partial charge in [-0.1, -0.05) is 0 Å². The van der Waals surface area contributed by atoms with E-state index in [2.05, 4.69) is 31.9 Å². The Morgan fingerprint density at radius 1 is 1.43 bits per heavy atom. The van der Waals surface area contributed by atoms with E-state index in [1.54, 1.807) is 6.20 Å². The maximum absolute atomic E-state index is 12.0. The molecule has 8 nitrogen and oxygen atoms in total. The van der Waals surface area contributed by atoms with Crippen LogP contribution in [0.15, 0.2) is 18.3 Å². The molecule has 0 aliphatic heterocycles. The summed E-state index contributed by atoms with van der Waals surface area (Å²) >= 11 is 0. The average molecular weight is 382 g/mol. The number of nitrogens with one attached hydrogen (secondary N) is 3. The number of aromatic amines is 1. The van der Waals surface area contributed by atoms with Crippen molar-refractivity contribution in [1.82, 2.24) is 20.5 Å². The van der Waals surface area contributed by atoms with Gasteiger partial charge in [0.15, 0.2) is 5.82 Å². The lowest BCUT2D eigenvalue weighted by atomic mass is 10.1. The molecule has 0 radical (unpaired) electrons. The van der Waals surface area contributed by atoms with Crippen molar-refractivity contribution >= 4 is 17.7 Å². The largest absolute Gasteiger partial charge is 0.446 e. The van der Waals surface area contributed by atoms with Crippen LogP contribution in [-0.4, -0.2) is 33.4 Å². The van der Waals surface area contributed by atoms with Gasteiger partial charge in [-0.2, -0.15) is 10.4 Å². The lowest BCUT2D eigenvalue weighted by Gasteiger charge is -2.16. The first-order valence-corrected chi connectivity index (χ1v) is 9.64. The summed E-state index contributed by atoms with van der Waals surface area (Å²) in [5.74, 6) is 1.35. The molecule has 2 aromatic rings. The number of H-pyrrole nitrogens is 1. The molecule has 1 unspecified atom stereocenters. The summed E-state index contributed by atoms with van der Waals surface area (Å²) in [6, 6.07) is 5.87. The number of hydrogen-bond acceptors (Lipinski definition) is 6. The molecule has 0 spiro atoms. The first kappa shape index (κ1) is 19.7. The van der Waals surface area contributed by atoms with Gasteiger partial charge in [-0.3, -0.25) is 5.10 Å². The van der Waals surface area contributed by atoms with Gasteiger partial charge in [0, 0.05) is 30.4 Å². The Bertz CT molecular complexity index is 851. The zero-order chi connectivity index (χ0) is 19.9. The first-order chi connectivity index (χ1) is 13.5. The van der Waals surface area contributed by atoms with Gasteiger partial charge in [0.05, 0.1) is 12.5 Å².